The van der Waals surface area contributed by atoms with E-state index in [9.17, 15) is 19.2 Å². The van der Waals surface area contributed by atoms with Crippen molar-refractivity contribution in [1.29, 1.82) is 0 Å². The topological polar surface area (TPSA) is 106 Å². The van der Waals surface area contributed by atoms with Crippen LogP contribution >= 0.6 is 0 Å². The maximum absolute atomic E-state index is 15.2. The number of benzene rings is 1. The van der Waals surface area contributed by atoms with Crippen molar-refractivity contribution in [2.24, 2.45) is 7.05 Å². The summed E-state index contributed by atoms with van der Waals surface area (Å²) in [6.07, 6.45) is -1.91. The highest BCUT2D eigenvalue weighted by Crippen LogP contribution is 2.42. The van der Waals surface area contributed by atoms with Crippen molar-refractivity contribution in [2.75, 3.05) is 19.6 Å². The van der Waals surface area contributed by atoms with Crippen molar-refractivity contribution >= 4 is 28.9 Å². The largest absolute Gasteiger partial charge is 0.444 e. The number of likely N-dealkylation sites (tertiary alicyclic amines) is 2. The number of alkyl halides is 2. The summed E-state index contributed by atoms with van der Waals surface area (Å²) in [4.78, 5) is 52.9. The molecule has 38 heavy (non-hydrogen) atoms. The van der Waals surface area contributed by atoms with E-state index in [0.717, 1.165) is 10.5 Å². The van der Waals surface area contributed by atoms with Gasteiger partial charge in [-0.3, -0.25) is 33.8 Å². The molecule has 0 aliphatic carbocycles. The number of nitrogens with zero attached hydrogens (tertiary/aromatic N) is 4. The molecule has 1 aromatic carbocycles. The van der Waals surface area contributed by atoms with Crippen LogP contribution in [0.15, 0.2) is 23.0 Å². The number of imidazole rings is 1. The fourth-order valence-electron chi connectivity index (χ4n) is 5.88. The summed E-state index contributed by atoms with van der Waals surface area (Å²) < 4.78 is 38.6. The number of imide groups is 1. The lowest BCUT2D eigenvalue weighted by molar-refractivity contribution is -0.181. The number of fused-ring (bicyclic) bond motifs is 1. The lowest BCUT2D eigenvalue weighted by atomic mass is 9.88. The molecule has 3 aliphatic rings. The first-order chi connectivity index (χ1) is 17.8. The second kappa shape index (κ2) is 9.18. The molecule has 0 saturated carbocycles. The Hall–Kier alpha value is -3.28. The van der Waals surface area contributed by atoms with E-state index in [-0.39, 0.29) is 62.8 Å². The van der Waals surface area contributed by atoms with E-state index in [2.05, 4.69) is 5.32 Å². The number of aryl methyl sites for hydroxylation is 1. The van der Waals surface area contributed by atoms with Crippen molar-refractivity contribution in [2.45, 2.75) is 76.1 Å². The van der Waals surface area contributed by atoms with Crippen molar-refractivity contribution in [3.63, 3.8) is 0 Å². The van der Waals surface area contributed by atoms with Crippen molar-refractivity contribution < 1.29 is 27.9 Å². The summed E-state index contributed by atoms with van der Waals surface area (Å²) in [7, 11) is 1.62. The Labute approximate surface area is 218 Å². The Morgan fingerprint density at radius 3 is 2.53 bits per heavy atom. The van der Waals surface area contributed by atoms with Gasteiger partial charge in [-0.1, -0.05) is 12.1 Å². The number of hydrogen-bond acceptors (Lipinski definition) is 6. The molecule has 5 rings (SSSR count). The number of rotatable bonds is 3. The van der Waals surface area contributed by atoms with Crippen LogP contribution in [-0.2, 0) is 21.4 Å². The molecule has 10 nitrogen and oxygen atoms in total. The zero-order valence-corrected chi connectivity index (χ0v) is 22.0. The van der Waals surface area contributed by atoms with E-state index in [1.54, 1.807) is 44.9 Å². The Morgan fingerprint density at radius 1 is 1.16 bits per heavy atom. The number of nitrogens with one attached hydrogen (secondary N) is 1. The molecule has 0 radical (unpaired) electrons. The van der Waals surface area contributed by atoms with E-state index < -0.39 is 35.7 Å². The van der Waals surface area contributed by atoms with Gasteiger partial charge in [0.05, 0.1) is 11.0 Å². The van der Waals surface area contributed by atoms with Crippen molar-refractivity contribution in [1.82, 2.24) is 24.3 Å². The number of piperidine rings is 2. The molecule has 3 fully saturated rings. The number of para-hydroxylation sites is 1. The van der Waals surface area contributed by atoms with Crippen LogP contribution in [0.3, 0.4) is 0 Å². The summed E-state index contributed by atoms with van der Waals surface area (Å²) in [5.74, 6) is -4.12. The maximum atomic E-state index is 15.2. The van der Waals surface area contributed by atoms with Gasteiger partial charge in [-0.25, -0.2) is 18.4 Å². The first-order valence-corrected chi connectivity index (χ1v) is 12.9. The van der Waals surface area contributed by atoms with Gasteiger partial charge < -0.3 is 4.74 Å². The Kier molecular flexibility index (Phi) is 6.36. The number of halogens is 2. The van der Waals surface area contributed by atoms with E-state index in [1.165, 1.54) is 9.13 Å². The number of amides is 3. The maximum Gasteiger partial charge on any atom is 0.411 e. The minimum atomic E-state index is -3.09. The van der Waals surface area contributed by atoms with Gasteiger partial charge in [0, 0.05) is 45.4 Å². The summed E-state index contributed by atoms with van der Waals surface area (Å²) >= 11 is 0. The van der Waals surface area contributed by atoms with E-state index in [4.69, 9.17) is 4.74 Å². The molecular weight excluding hydrogens is 500 g/mol. The molecule has 1 aromatic heterocycles. The second-order valence-electron chi connectivity index (χ2n) is 11.5. The molecule has 1 N–H and O–H groups in total. The van der Waals surface area contributed by atoms with Gasteiger partial charge in [0.15, 0.2) is 6.17 Å². The van der Waals surface area contributed by atoms with E-state index >= 15 is 8.78 Å². The number of carbonyl (C=O) groups is 3. The van der Waals surface area contributed by atoms with Crippen LogP contribution < -0.4 is 11.0 Å². The Balaban J connectivity index is 1.43. The molecule has 3 aliphatic heterocycles. The smallest absolute Gasteiger partial charge is 0.411 e. The fraction of sp³-hybridized carbons (Fsp3) is 0.615. The molecule has 3 amide bonds. The van der Waals surface area contributed by atoms with Crippen LogP contribution in [0.4, 0.5) is 13.6 Å². The van der Waals surface area contributed by atoms with Crippen LogP contribution in [-0.4, -0.2) is 74.2 Å². The molecule has 2 atom stereocenters. The molecular formula is C26H33F2N5O5. The van der Waals surface area contributed by atoms with Crippen molar-refractivity contribution in [3.8, 4) is 0 Å². The first-order valence-electron chi connectivity index (χ1n) is 12.9. The third-order valence-corrected chi connectivity index (χ3v) is 7.56. The van der Waals surface area contributed by atoms with Crippen LogP contribution in [0.1, 0.15) is 64.0 Å². The van der Waals surface area contributed by atoms with Crippen LogP contribution in [0.5, 0.6) is 0 Å². The van der Waals surface area contributed by atoms with Gasteiger partial charge in [0.25, 0.3) is 5.92 Å². The Bertz CT molecular complexity index is 1350. The lowest BCUT2D eigenvalue weighted by Crippen LogP contribution is -2.67. The standard InChI is InChI=1S/C26H33F2N5O5/c1-25(2,3)38-24(37)32-12-6-11-26(27,28)22(32)31-13-15(14-31)16-7-5-8-17-20(16)30(4)23(36)33(17)18-9-10-19(34)29-21(18)35/h5,7-8,15,18,22H,6,9-14H2,1-4H3,(H,29,34,35). The monoisotopic (exact) mass is 533 g/mol. The number of carbonyl (C=O) groups excluding carboxylic acids is 3. The third-order valence-electron chi connectivity index (χ3n) is 7.56. The summed E-state index contributed by atoms with van der Waals surface area (Å²) in [5.41, 5.74) is 0.815. The van der Waals surface area contributed by atoms with Crippen LogP contribution in [0.2, 0.25) is 0 Å². The highest BCUT2D eigenvalue weighted by molar-refractivity contribution is 6.00. The fourth-order valence-corrected chi connectivity index (χ4v) is 5.88. The minimum absolute atomic E-state index is 0.139. The number of ether oxygens (including phenoxy) is 1. The normalized spacial score (nSPS) is 24.8. The molecule has 2 aromatic rings. The third kappa shape index (κ3) is 4.48. The van der Waals surface area contributed by atoms with Gasteiger partial charge in [-0.05, 0) is 45.2 Å². The van der Waals surface area contributed by atoms with E-state index in [1.807, 2.05) is 6.07 Å². The first kappa shape index (κ1) is 26.3. The zero-order valence-electron chi connectivity index (χ0n) is 22.0. The summed E-state index contributed by atoms with van der Waals surface area (Å²) in [6, 6.07) is 4.59. The number of aromatic nitrogens is 2. The Morgan fingerprint density at radius 2 is 1.87 bits per heavy atom. The molecule has 12 heteroatoms. The predicted octanol–water partition coefficient (Wildman–Crippen LogP) is 2.71. The molecule has 0 bridgehead atoms. The van der Waals surface area contributed by atoms with Crippen molar-refractivity contribution in [3.05, 3.63) is 34.2 Å². The van der Waals surface area contributed by atoms with E-state index in [0.29, 0.717) is 11.0 Å². The SMILES string of the molecule is Cn1c(=O)n(C2CCC(=O)NC2=O)c2cccc(C3CN(C4N(C(=O)OC(C)(C)C)CCCC4(F)F)C3)c21. The van der Waals surface area contributed by atoms with Crippen LogP contribution in [0.25, 0.3) is 11.0 Å². The second-order valence-corrected chi connectivity index (χ2v) is 11.5. The molecule has 0 spiro atoms. The van der Waals surface area contributed by atoms with Gasteiger partial charge in [0.2, 0.25) is 11.8 Å². The predicted molar refractivity (Wildman–Crippen MR) is 134 cm³/mol. The molecule has 2 unspecified atom stereocenters. The lowest BCUT2D eigenvalue weighted by Gasteiger charge is -2.52. The summed E-state index contributed by atoms with van der Waals surface area (Å²) in [5, 5.41) is 2.30. The highest BCUT2D eigenvalue weighted by atomic mass is 19.3. The van der Waals surface area contributed by atoms with Gasteiger partial charge in [-0.2, -0.15) is 0 Å². The van der Waals surface area contributed by atoms with Gasteiger partial charge in [-0.15, -0.1) is 0 Å². The summed E-state index contributed by atoms with van der Waals surface area (Å²) in [6.45, 7) is 5.84. The average molecular weight is 534 g/mol. The van der Waals surface area contributed by atoms with Gasteiger partial charge in [0.1, 0.15) is 11.6 Å². The minimum Gasteiger partial charge on any atom is -0.444 e. The number of hydrogen-bond donors (Lipinski definition) is 1. The molecule has 206 valence electrons. The molecule has 3 saturated heterocycles. The van der Waals surface area contributed by atoms with Crippen LogP contribution in [0, 0.1) is 0 Å². The average Bonchev–Trinajstić information content (AvgIpc) is 3.03. The van der Waals surface area contributed by atoms with Gasteiger partial charge >= 0.3 is 11.8 Å². The zero-order chi connectivity index (χ0) is 27.6. The quantitative estimate of drug-likeness (QED) is 0.609. The molecule has 4 heterocycles. The highest BCUT2D eigenvalue weighted by Gasteiger charge is 2.54.